The maximum Gasteiger partial charge on any atom is 0.243 e. The van der Waals surface area contributed by atoms with Gasteiger partial charge in [0.1, 0.15) is 12.4 Å². The number of carbonyl (C=O) groups is 1. The first-order valence-corrected chi connectivity index (χ1v) is 12.9. The first-order valence-electron chi connectivity index (χ1n) is 11.5. The van der Waals surface area contributed by atoms with Crippen molar-refractivity contribution in [2.75, 3.05) is 45.2 Å². The topological polar surface area (TPSA) is 88.2 Å². The molecule has 34 heavy (non-hydrogen) atoms. The molecule has 0 radical (unpaired) electrons. The van der Waals surface area contributed by atoms with Gasteiger partial charge in [-0.05, 0) is 82.3 Å². The second-order valence-corrected chi connectivity index (χ2v) is 11.0. The molecule has 1 aliphatic heterocycles. The number of benzene rings is 2. The van der Waals surface area contributed by atoms with E-state index in [0.29, 0.717) is 31.9 Å². The van der Waals surface area contributed by atoms with E-state index >= 15 is 0 Å². The van der Waals surface area contributed by atoms with Crippen molar-refractivity contribution in [1.82, 2.24) is 9.21 Å². The summed E-state index contributed by atoms with van der Waals surface area (Å²) in [5.41, 5.74) is 2.85. The van der Waals surface area contributed by atoms with Crippen molar-refractivity contribution in [3.05, 3.63) is 53.6 Å². The highest BCUT2D eigenvalue weighted by atomic mass is 32.2. The van der Waals surface area contributed by atoms with Gasteiger partial charge in [0.05, 0.1) is 23.6 Å². The molecule has 2 aromatic carbocycles. The predicted octanol–water partition coefficient (Wildman–Crippen LogP) is 3.05. The summed E-state index contributed by atoms with van der Waals surface area (Å²) in [4.78, 5) is 14.5. The fraction of sp³-hybridized carbons (Fsp3) is 0.480. The number of carbonyl (C=O) groups excluding carboxylic acids is 1. The lowest BCUT2D eigenvalue weighted by Crippen LogP contribution is -2.48. The summed E-state index contributed by atoms with van der Waals surface area (Å²) in [6, 6.07) is 12.3. The summed E-state index contributed by atoms with van der Waals surface area (Å²) in [7, 11) is -1.76. The summed E-state index contributed by atoms with van der Waals surface area (Å²) < 4.78 is 38.8. The number of ether oxygens (including phenoxy) is 2. The molecular formula is C25H35N3O5S. The Labute approximate surface area is 202 Å². The van der Waals surface area contributed by atoms with Crippen molar-refractivity contribution in [1.29, 1.82) is 0 Å². The molecular weight excluding hydrogens is 454 g/mol. The average molecular weight is 490 g/mol. The van der Waals surface area contributed by atoms with E-state index in [4.69, 9.17) is 9.47 Å². The van der Waals surface area contributed by atoms with Gasteiger partial charge in [0.15, 0.2) is 0 Å². The van der Waals surface area contributed by atoms with Crippen LogP contribution in [0, 0.1) is 13.8 Å². The standard InChI is InChI=1S/C25H35N3O5S/c1-18-12-19(2)14-23(13-18)32-11-10-27(5)17-25(29)26-22-6-8-24(9-7-22)34(30,31)28-15-20(3)33-21(4)16-28/h6-9,12-14,20-21H,10-11,15-17H2,1-5H3,(H,26,29). The van der Waals surface area contributed by atoms with Crippen LogP contribution in [0.2, 0.25) is 0 Å². The van der Waals surface area contributed by atoms with Crippen LogP contribution in [0.15, 0.2) is 47.4 Å². The maximum absolute atomic E-state index is 13.0. The van der Waals surface area contributed by atoms with E-state index in [1.165, 1.54) is 16.4 Å². The summed E-state index contributed by atoms with van der Waals surface area (Å²) in [6.07, 6.45) is -0.305. The Balaban J connectivity index is 1.48. The van der Waals surface area contributed by atoms with Gasteiger partial charge < -0.3 is 14.8 Å². The van der Waals surface area contributed by atoms with Gasteiger partial charge in [0.2, 0.25) is 15.9 Å². The average Bonchev–Trinajstić information content (AvgIpc) is 2.72. The molecule has 1 amide bonds. The number of amides is 1. The number of hydrogen-bond donors (Lipinski definition) is 1. The van der Waals surface area contributed by atoms with Crippen LogP contribution < -0.4 is 10.1 Å². The summed E-state index contributed by atoms with van der Waals surface area (Å²) in [5.74, 6) is 0.645. The Morgan fingerprint density at radius 1 is 1.09 bits per heavy atom. The minimum atomic E-state index is -3.61. The molecule has 186 valence electrons. The lowest BCUT2D eigenvalue weighted by Gasteiger charge is -2.34. The Kier molecular flexibility index (Phi) is 8.70. The second-order valence-electron chi connectivity index (χ2n) is 9.06. The van der Waals surface area contributed by atoms with Gasteiger partial charge in [-0.15, -0.1) is 0 Å². The van der Waals surface area contributed by atoms with Crippen LogP contribution in [0.25, 0.3) is 0 Å². The summed E-state index contributed by atoms with van der Waals surface area (Å²) in [5, 5.41) is 2.82. The quantitative estimate of drug-likeness (QED) is 0.583. The highest BCUT2D eigenvalue weighted by Gasteiger charge is 2.32. The molecule has 3 rings (SSSR count). The fourth-order valence-corrected chi connectivity index (χ4v) is 5.64. The molecule has 9 heteroatoms. The highest BCUT2D eigenvalue weighted by Crippen LogP contribution is 2.22. The van der Waals surface area contributed by atoms with Crippen molar-refractivity contribution >= 4 is 21.6 Å². The molecule has 1 fully saturated rings. The van der Waals surface area contributed by atoms with Gasteiger partial charge >= 0.3 is 0 Å². The normalized spacial score (nSPS) is 19.2. The Morgan fingerprint density at radius 3 is 2.26 bits per heavy atom. The molecule has 1 saturated heterocycles. The number of aryl methyl sites for hydroxylation is 2. The number of likely N-dealkylation sites (N-methyl/N-ethyl adjacent to an activating group) is 1. The molecule has 8 nitrogen and oxygen atoms in total. The van der Waals surface area contributed by atoms with E-state index in [9.17, 15) is 13.2 Å². The SMILES string of the molecule is Cc1cc(C)cc(OCCN(C)CC(=O)Nc2ccc(S(=O)(=O)N3CC(C)OC(C)C3)cc2)c1. The Morgan fingerprint density at radius 2 is 1.68 bits per heavy atom. The van der Waals surface area contributed by atoms with Crippen molar-refractivity contribution in [2.45, 2.75) is 44.8 Å². The lowest BCUT2D eigenvalue weighted by molar-refractivity contribution is -0.117. The minimum absolute atomic E-state index is 0.152. The number of sulfonamides is 1. The van der Waals surface area contributed by atoms with E-state index < -0.39 is 10.0 Å². The molecule has 1 aliphatic rings. The van der Waals surface area contributed by atoms with Crippen LogP contribution >= 0.6 is 0 Å². The molecule has 2 atom stereocenters. The third kappa shape index (κ3) is 7.27. The molecule has 0 aromatic heterocycles. The van der Waals surface area contributed by atoms with Crippen molar-refractivity contribution < 1.29 is 22.7 Å². The first-order chi connectivity index (χ1) is 16.0. The van der Waals surface area contributed by atoms with Crippen molar-refractivity contribution in [3.63, 3.8) is 0 Å². The number of morpholine rings is 1. The molecule has 2 aromatic rings. The summed E-state index contributed by atoms with van der Waals surface area (Å²) >= 11 is 0. The Hall–Kier alpha value is -2.46. The third-order valence-electron chi connectivity index (χ3n) is 5.51. The number of nitrogens with one attached hydrogen (secondary N) is 1. The zero-order valence-corrected chi connectivity index (χ0v) is 21.4. The van der Waals surface area contributed by atoms with Gasteiger partial charge in [-0.25, -0.2) is 8.42 Å². The van der Waals surface area contributed by atoms with Gasteiger partial charge in [0.25, 0.3) is 0 Å². The number of anilines is 1. The lowest BCUT2D eigenvalue weighted by atomic mass is 10.1. The molecule has 0 aliphatic carbocycles. The van der Waals surface area contributed by atoms with Crippen LogP contribution in [0.4, 0.5) is 5.69 Å². The molecule has 1 N–H and O–H groups in total. The smallest absolute Gasteiger partial charge is 0.243 e. The minimum Gasteiger partial charge on any atom is -0.492 e. The number of hydrogen-bond acceptors (Lipinski definition) is 6. The van der Waals surface area contributed by atoms with Crippen LogP contribution in [0.1, 0.15) is 25.0 Å². The molecule has 2 unspecified atom stereocenters. The maximum atomic E-state index is 13.0. The number of nitrogens with zero attached hydrogens (tertiary/aromatic N) is 2. The molecule has 1 heterocycles. The van der Waals surface area contributed by atoms with Gasteiger partial charge in [-0.2, -0.15) is 4.31 Å². The van der Waals surface area contributed by atoms with Crippen LogP contribution in [-0.4, -0.2) is 75.6 Å². The zero-order valence-electron chi connectivity index (χ0n) is 20.6. The van der Waals surface area contributed by atoms with Crippen LogP contribution in [0.3, 0.4) is 0 Å². The van der Waals surface area contributed by atoms with Gasteiger partial charge in [0, 0.05) is 25.3 Å². The summed E-state index contributed by atoms with van der Waals surface area (Å²) in [6.45, 7) is 9.69. The van der Waals surface area contributed by atoms with Crippen molar-refractivity contribution in [3.8, 4) is 5.75 Å². The van der Waals surface area contributed by atoms with Gasteiger partial charge in [-0.1, -0.05) is 6.07 Å². The molecule has 0 saturated carbocycles. The molecule has 0 spiro atoms. The monoisotopic (exact) mass is 489 g/mol. The highest BCUT2D eigenvalue weighted by molar-refractivity contribution is 7.89. The van der Waals surface area contributed by atoms with E-state index in [-0.39, 0.29) is 29.6 Å². The zero-order chi connectivity index (χ0) is 24.9. The second kappa shape index (κ2) is 11.3. The van der Waals surface area contributed by atoms with Crippen molar-refractivity contribution in [2.24, 2.45) is 0 Å². The van der Waals surface area contributed by atoms with E-state index in [1.807, 2.05) is 51.8 Å². The third-order valence-corrected chi connectivity index (χ3v) is 7.36. The van der Waals surface area contributed by atoms with E-state index in [1.54, 1.807) is 12.1 Å². The van der Waals surface area contributed by atoms with Gasteiger partial charge in [-0.3, -0.25) is 9.69 Å². The Bertz CT molecular complexity index is 1060. The van der Waals surface area contributed by atoms with Crippen LogP contribution in [-0.2, 0) is 19.6 Å². The number of rotatable bonds is 9. The van der Waals surface area contributed by atoms with Crippen LogP contribution in [0.5, 0.6) is 5.75 Å². The predicted molar refractivity (Wildman–Crippen MR) is 133 cm³/mol. The van der Waals surface area contributed by atoms with E-state index in [2.05, 4.69) is 11.4 Å². The molecule has 0 bridgehead atoms. The first kappa shape index (κ1) is 26.2. The fourth-order valence-electron chi connectivity index (χ4n) is 4.05. The largest absolute Gasteiger partial charge is 0.492 e. The van der Waals surface area contributed by atoms with E-state index in [0.717, 1.165) is 16.9 Å².